The zero-order chi connectivity index (χ0) is 22.3. The molecule has 31 heavy (non-hydrogen) atoms. The predicted molar refractivity (Wildman–Crippen MR) is 119 cm³/mol. The Labute approximate surface area is 183 Å². The van der Waals surface area contributed by atoms with Gasteiger partial charge in [-0.1, -0.05) is 31.2 Å². The fourth-order valence-corrected chi connectivity index (χ4v) is 4.76. The van der Waals surface area contributed by atoms with Crippen molar-refractivity contribution in [2.75, 3.05) is 44.6 Å². The van der Waals surface area contributed by atoms with Crippen molar-refractivity contribution in [3.8, 4) is 0 Å². The van der Waals surface area contributed by atoms with Gasteiger partial charge in [-0.3, -0.25) is 9.59 Å². The molecule has 0 aliphatic carbocycles. The monoisotopic (exact) mass is 444 g/mol. The first-order valence-corrected chi connectivity index (χ1v) is 11.8. The number of nitrogens with zero attached hydrogens (tertiary/aromatic N) is 2. The lowest BCUT2D eigenvalue weighted by Gasteiger charge is -2.34. The number of carbonyl (C=O) groups excluding carboxylic acids is 2. The van der Waals surface area contributed by atoms with Crippen LogP contribution in [0.4, 0.5) is 5.69 Å². The van der Waals surface area contributed by atoms with E-state index < -0.39 is 10.0 Å². The van der Waals surface area contributed by atoms with Crippen LogP contribution in [0, 0.1) is 0 Å². The Morgan fingerprint density at radius 3 is 2.35 bits per heavy atom. The number of anilines is 1. The number of nitrogens with one attached hydrogen (secondary N) is 2. The molecule has 0 radical (unpaired) electrons. The molecule has 1 aliphatic rings. The van der Waals surface area contributed by atoms with E-state index >= 15 is 0 Å². The Morgan fingerprint density at radius 1 is 0.968 bits per heavy atom. The first-order valence-electron chi connectivity index (χ1n) is 10.4. The SMILES string of the molecule is CCCNC(=O)c1cccc(NCC(=O)N2CCN(S(=O)(=O)c3ccccc3)CC2)c1. The van der Waals surface area contributed by atoms with Gasteiger partial charge in [-0.05, 0) is 36.8 Å². The maximum atomic E-state index is 12.7. The van der Waals surface area contributed by atoms with Crippen LogP contribution in [0.2, 0.25) is 0 Å². The largest absolute Gasteiger partial charge is 0.376 e. The Morgan fingerprint density at radius 2 is 1.68 bits per heavy atom. The molecular formula is C22H28N4O4S. The minimum absolute atomic E-state index is 0.0749. The zero-order valence-electron chi connectivity index (χ0n) is 17.6. The maximum Gasteiger partial charge on any atom is 0.251 e. The number of rotatable bonds is 8. The van der Waals surface area contributed by atoms with Gasteiger partial charge in [0.25, 0.3) is 5.91 Å². The molecule has 166 valence electrons. The molecule has 1 fully saturated rings. The van der Waals surface area contributed by atoms with E-state index in [1.54, 1.807) is 59.5 Å². The van der Waals surface area contributed by atoms with Gasteiger partial charge in [0.2, 0.25) is 15.9 Å². The fraction of sp³-hybridized carbons (Fsp3) is 0.364. The molecular weight excluding hydrogens is 416 g/mol. The van der Waals surface area contributed by atoms with Crippen LogP contribution in [-0.2, 0) is 14.8 Å². The molecule has 1 aliphatic heterocycles. The van der Waals surface area contributed by atoms with Gasteiger partial charge in [-0.15, -0.1) is 0 Å². The van der Waals surface area contributed by atoms with E-state index in [2.05, 4.69) is 10.6 Å². The van der Waals surface area contributed by atoms with E-state index in [0.29, 0.717) is 30.9 Å². The van der Waals surface area contributed by atoms with Gasteiger partial charge in [0.15, 0.2) is 0 Å². The molecule has 2 N–H and O–H groups in total. The third-order valence-electron chi connectivity index (χ3n) is 5.08. The van der Waals surface area contributed by atoms with Gasteiger partial charge < -0.3 is 15.5 Å². The van der Waals surface area contributed by atoms with E-state index in [-0.39, 0.29) is 36.3 Å². The molecule has 2 amide bonds. The highest BCUT2D eigenvalue weighted by molar-refractivity contribution is 7.89. The van der Waals surface area contributed by atoms with E-state index in [1.807, 2.05) is 6.92 Å². The maximum absolute atomic E-state index is 12.7. The van der Waals surface area contributed by atoms with Crippen LogP contribution >= 0.6 is 0 Å². The summed E-state index contributed by atoms with van der Waals surface area (Å²) in [6, 6.07) is 15.3. The topological polar surface area (TPSA) is 98.8 Å². The molecule has 0 saturated carbocycles. The molecule has 0 spiro atoms. The number of carbonyl (C=O) groups is 2. The van der Waals surface area contributed by atoms with Crippen molar-refractivity contribution in [1.29, 1.82) is 0 Å². The van der Waals surface area contributed by atoms with Crippen molar-refractivity contribution in [3.05, 3.63) is 60.2 Å². The van der Waals surface area contributed by atoms with Crippen molar-refractivity contribution in [3.63, 3.8) is 0 Å². The minimum Gasteiger partial charge on any atom is -0.376 e. The van der Waals surface area contributed by atoms with Crippen LogP contribution in [0.3, 0.4) is 0 Å². The van der Waals surface area contributed by atoms with Crippen LogP contribution in [0.5, 0.6) is 0 Å². The van der Waals surface area contributed by atoms with Gasteiger partial charge in [-0.25, -0.2) is 8.42 Å². The van der Waals surface area contributed by atoms with Crippen molar-refractivity contribution in [2.45, 2.75) is 18.2 Å². The smallest absolute Gasteiger partial charge is 0.251 e. The second-order valence-electron chi connectivity index (χ2n) is 7.29. The first kappa shape index (κ1) is 22.8. The third kappa shape index (κ3) is 5.83. The number of amides is 2. The van der Waals surface area contributed by atoms with E-state index in [9.17, 15) is 18.0 Å². The van der Waals surface area contributed by atoms with Crippen LogP contribution in [0.15, 0.2) is 59.5 Å². The average molecular weight is 445 g/mol. The molecule has 9 heteroatoms. The number of hydrogen-bond acceptors (Lipinski definition) is 5. The number of piperazine rings is 1. The van der Waals surface area contributed by atoms with Crippen molar-refractivity contribution >= 4 is 27.5 Å². The highest BCUT2D eigenvalue weighted by Crippen LogP contribution is 2.17. The highest BCUT2D eigenvalue weighted by atomic mass is 32.2. The van der Waals surface area contributed by atoms with E-state index in [4.69, 9.17) is 0 Å². The predicted octanol–water partition coefficient (Wildman–Crippen LogP) is 1.77. The van der Waals surface area contributed by atoms with Gasteiger partial charge in [-0.2, -0.15) is 4.31 Å². The summed E-state index contributed by atoms with van der Waals surface area (Å²) in [6.45, 7) is 3.87. The molecule has 3 rings (SSSR count). The summed E-state index contributed by atoms with van der Waals surface area (Å²) in [4.78, 5) is 26.6. The van der Waals surface area contributed by atoms with Crippen LogP contribution in [-0.4, -0.2) is 68.7 Å². The fourth-order valence-electron chi connectivity index (χ4n) is 3.32. The Hall–Kier alpha value is -2.91. The van der Waals surface area contributed by atoms with Crippen molar-refractivity contribution < 1.29 is 18.0 Å². The number of hydrogen-bond donors (Lipinski definition) is 2. The summed E-state index contributed by atoms with van der Waals surface area (Å²) in [7, 11) is -3.54. The molecule has 2 aromatic carbocycles. The standard InChI is InChI=1S/C22H28N4O4S/c1-2-11-23-22(28)18-7-6-8-19(16-18)24-17-21(27)25-12-14-26(15-13-25)31(29,30)20-9-4-3-5-10-20/h3-10,16,24H,2,11-15,17H2,1H3,(H,23,28). The highest BCUT2D eigenvalue weighted by Gasteiger charge is 2.29. The van der Waals surface area contributed by atoms with Crippen LogP contribution in [0.1, 0.15) is 23.7 Å². The molecule has 0 atom stereocenters. The van der Waals surface area contributed by atoms with Gasteiger partial charge in [0, 0.05) is 44.0 Å². The lowest BCUT2D eigenvalue weighted by atomic mass is 10.2. The second-order valence-corrected chi connectivity index (χ2v) is 9.23. The Kier molecular flexibility index (Phi) is 7.64. The summed E-state index contributed by atoms with van der Waals surface area (Å²) in [5.41, 5.74) is 1.22. The summed E-state index contributed by atoms with van der Waals surface area (Å²) < 4.78 is 26.8. The summed E-state index contributed by atoms with van der Waals surface area (Å²) in [6.07, 6.45) is 0.859. The number of benzene rings is 2. The second kappa shape index (κ2) is 10.4. The molecule has 0 bridgehead atoms. The van der Waals surface area contributed by atoms with Gasteiger partial charge in [0.1, 0.15) is 0 Å². The lowest BCUT2D eigenvalue weighted by molar-refractivity contribution is -0.130. The van der Waals surface area contributed by atoms with Crippen LogP contribution in [0.25, 0.3) is 0 Å². The Balaban J connectivity index is 1.51. The van der Waals surface area contributed by atoms with Crippen molar-refractivity contribution in [1.82, 2.24) is 14.5 Å². The summed E-state index contributed by atoms with van der Waals surface area (Å²) >= 11 is 0. The molecule has 2 aromatic rings. The lowest BCUT2D eigenvalue weighted by Crippen LogP contribution is -2.51. The zero-order valence-corrected chi connectivity index (χ0v) is 18.4. The molecule has 0 aromatic heterocycles. The molecule has 1 saturated heterocycles. The van der Waals surface area contributed by atoms with Crippen molar-refractivity contribution in [2.24, 2.45) is 0 Å². The van der Waals surface area contributed by atoms with E-state index in [0.717, 1.165) is 6.42 Å². The quantitative estimate of drug-likeness (QED) is 0.647. The average Bonchev–Trinajstić information content (AvgIpc) is 2.81. The number of sulfonamides is 1. The normalized spacial score (nSPS) is 14.8. The third-order valence-corrected chi connectivity index (χ3v) is 6.99. The van der Waals surface area contributed by atoms with Gasteiger partial charge in [0.05, 0.1) is 11.4 Å². The first-order chi connectivity index (χ1) is 14.9. The Bertz CT molecular complexity index is 1000. The van der Waals surface area contributed by atoms with Crippen LogP contribution < -0.4 is 10.6 Å². The van der Waals surface area contributed by atoms with Gasteiger partial charge >= 0.3 is 0 Å². The minimum atomic E-state index is -3.54. The van der Waals surface area contributed by atoms with E-state index in [1.165, 1.54) is 4.31 Å². The molecule has 1 heterocycles. The molecule has 8 nitrogen and oxygen atoms in total. The molecule has 0 unspecified atom stereocenters. The summed E-state index contributed by atoms with van der Waals surface area (Å²) in [5, 5.41) is 5.88. The summed E-state index contributed by atoms with van der Waals surface area (Å²) in [5.74, 6) is -0.259.